The monoisotopic (exact) mass is 144 g/mol. The summed E-state index contributed by atoms with van der Waals surface area (Å²) in [5.74, 6) is 0. The Morgan fingerprint density at radius 2 is 2.44 bits per heavy atom. The third kappa shape index (κ3) is 1.18. The fraction of sp³-hybridized carbons (Fsp3) is 0.600. The van der Waals surface area contributed by atoms with Gasteiger partial charge in [-0.25, -0.2) is 4.68 Å². The van der Waals surface area contributed by atoms with Crippen LogP contribution < -0.4 is 4.87 Å². The van der Waals surface area contributed by atoms with Gasteiger partial charge in [0.25, 0.3) is 0 Å². The van der Waals surface area contributed by atoms with Crippen LogP contribution in [0.4, 0.5) is 0 Å². The second kappa shape index (κ2) is 2.31. The normalized spacial score (nSPS) is 10.6. The van der Waals surface area contributed by atoms with Crippen LogP contribution >= 0.6 is 11.3 Å². The van der Waals surface area contributed by atoms with Gasteiger partial charge in [0.15, 0.2) is 0 Å². The average molecular weight is 144 g/mol. The molecular formula is C5H8N2OS. The van der Waals surface area contributed by atoms with Crippen molar-refractivity contribution in [2.45, 2.75) is 19.9 Å². The highest BCUT2D eigenvalue weighted by atomic mass is 32.1. The standard InChI is InChI=1S/C5H8N2OS/c1-4(2)7-5(8)9-3-6-7/h3-4H,1-2H3. The van der Waals surface area contributed by atoms with Crippen molar-refractivity contribution in [3.8, 4) is 0 Å². The molecule has 0 atom stereocenters. The maximum Gasteiger partial charge on any atom is 0.325 e. The van der Waals surface area contributed by atoms with Crippen LogP contribution in [0.2, 0.25) is 0 Å². The molecule has 0 N–H and O–H groups in total. The summed E-state index contributed by atoms with van der Waals surface area (Å²) in [6.07, 6.45) is 0. The highest BCUT2D eigenvalue weighted by molar-refractivity contribution is 7.06. The lowest BCUT2D eigenvalue weighted by atomic mass is 10.4. The SMILES string of the molecule is CC(C)n1ncsc1=O. The third-order valence-electron chi connectivity index (χ3n) is 1.00. The molecule has 0 radical (unpaired) electrons. The van der Waals surface area contributed by atoms with Gasteiger partial charge in [-0.2, -0.15) is 5.10 Å². The number of hydrogen-bond donors (Lipinski definition) is 0. The van der Waals surface area contributed by atoms with Crippen LogP contribution in [0, 0.1) is 0 Å². The van der Waals surface area contributed by atoms with Gasteiger partial charge in [-0.3, -0.25) is 4.79 Å². The first-order valence-electron chi connectivity index (χ1n) is 2.74. The molecule has 0 aliphatic rings. The minimum absolute atomic E-state index is 0.0185. The van der Waals surface area contributed by atoms with Gasteiger partial charge >= 0.3 is 4.87 Å². The molecule has 0 spiro atoms. The molecule has 0 fully saturated rings. The van der Waals surface area contributed by atoms with Crippen LogP contribution in [0.5, 0.6) is 0 Å². The molecule has 1 aromatic heterocycles. The number of aromatic nitrogens is 2. The zero-order valence-corrected chi connectivity index (χ0v) is 6.18. The summed E-state index contributed by atoms with van der Waals surface area (Å²) in [5.41, 5.74) is 1.56. The molecule has 0 aromatic carbocycles. The van der Waals surface area contributed by atoms with Gasteiger partial charge in [-0.05, 0) is 13.8 Å². The Labute approximate surface area is 56.9 Å². The van der Waals surface area contributed by atoms with Gasteiger partial charge in [0, 0.05) is 0 Å². The van der Waals surface area contributed by atoms with E-state index in [-0.39, 0.29) is 10.9 Å². The first kappa shape index (κ1) is 6.48. The van der Waals surface area contributed by atoms with Crippen LogP contribution in [0.3, 0.4) is 0 Å². The van der Waals surface area contributed by atoms with E-state index in [2.05, 4.69) is 5.10 Å². The predicted octanol–water partition coefficient (Wildman–Crippen LogP) is 0.886. The molecule has 0 saturated heterocycles. The molecular weight excluding hydrogens is 136 g/mol. The van der Waals surface area contributed by atoms with Gasteiger partial charge in [-0.1, -0.05) is 11.3 Å². The maximum atomic E-state index is 10.8. The van der Waals surface area contributed by atoms with Crippen molar-refractivity contribution in [3.05, 3.63) is 15.2 Å². The van der Waals surface area contributed by atoms with Crippen molar-refractivity contribution >= 4 is 11.3 Å². The first-order chi connectivity index (χ1) is 4.22. The van der Waals surface area contributed by atoms with Crippen molar-refractivity contribution < 1.29 is 0 Å². The summed E-state index contributed by atoms with van der Waals surface area (Å²) in [6, 6.07) is 0.184. The van der Waals surface area contributed by atoms with Crippen molar-refractivity contribution in [3.63, 3.8) is 0 Å². The highest BCUT2D eigenvalue weighted by Gasteiger charge is 2.00. The van der Waals surface area contributed by atoms with Crippen molar-refractivity contribution in [2.75, 3.05) is 0 Å². The number of nitrogens with zero attached hydrogens (tertiary/aromatic N) is 2. The minimum Gasteiger partial charge on any atom is -0.255 e. The Morgan fingerprint density at radius 3 is 2.67 bits per heavy atom. The molecule has 0 bridgehead atoms. The molecule has 1 heterocycles. The Hall–Kier alpha value is -0.640. The van der Waals surface area contributed by atoms with E-state index in [0.29, 0.717) is 0 Å². The van der Waals surface area contributed by atoms with E-state index in [1.54, 1.807) is 5.51 Å². The summed E-state index contributed by atoms with van der Waals surface area (Å²) in [4.78, 5) is 10.8. The lowest BCUT2D eigenvalue weighted by Crippen LogP contribution is -2.16. The summed E-state index contributed by atoms with van der Waals surface area (Å²) < 4.78 is 1.46. The second-order valence-corrected chi connectivity index (χ2v) is 2.84. The molecule has 0 aliphatic carbocycles. The van der Waals surface area contributed by atoms with Crippen molar-refractivity contribution in [1.29, 1.82) is 0 Å². The maximum absolute atomic E-state index is 10.8. The molecule has 9 heavy (non-hydrogen) atoms. The minimum atomic E-state index is 0.0185. The van der Waals surface area contributed by atoms with E-state index in [0.717, 1.165) is 11.3 Å². The quantitative estimate of drug-likeness (QED) is 0.586. The zero-order valence-electron chi connectivity index (χ0n) is 5.37. The van der Waals surface area contributed by atoms with Gasteiger partial charge in [0.2, 0.25) is 0 Å². The Kier molecular flexibility index (Phi) is 1.66. The van der Waals surface area contributed by atoms with Crippen LogP contribution in [0.15, 0.2) is 10.3 Å². The van der Waals surface area contributed by atoms with Gasteiger partial charge in [-0.15, -0.1) is 0 Å². The first-order valence-corrected chi connectivity index (χ1v) is 3.62. The van der Waals surface area contributed by atoms with Crippen molar-refractivity contribution in [1.82, 2.24) is 9.78 Å². The van der Waals surface area contributed by atoms with E-state index < -0.39 is 0 Å². The summed E-state index contributed by atoms with van der Waals surface area (Å²) >= 11 is 1.13. The van der Waals surface area contributed by atoms with E-state index >= 15 is 0 Å². The van der Waals surface area contributed by atoms with Crippen LogP contribution in [0.25, 0.3) is 0 Å². The molecule has 0 unspecified atom stereocenters. The Morgan fingerprint density at radius 1 is 1.78 bits per heavy atom. The van der Waals surface area contributed by atoms with Crippen molar-refractivity contribution in [2.24, 2.45) is 0 Å². The largest absolute Gasteiger partial charge is 0.325 e. The fourth-order valence-electron chi connectivity index (χ4n) is 0.565. The molecule has 4 heteroatoms. The summed E-state index contributed by atoms with van der Waals surface area (Å²) in [5, 5.41) is 3.84. The molecule has 1 aromatic rings. The Balaban J connectivity index is 3.08. The van der Waals surface area contributed by atoms with E-state index in [4.69, 9.17) is 0 Å². The number of rotatable bonds is 1. The number of hydrogen-bond acceptors (Lipinski definition) is 3. The lowest BCUT2D eigenvalue weighted by Gasteiger charge is -1.99. The van der Waals surface area contributed by atoms with Gasteiger partial charge in [0.1, 0.15) is 5.51 Å². The average Bonchev–Trinajstić information content (AvgIpc) is 2.13. The smallest absolute Gasteiger partial charge is 0.255 e. The predicted molar refractivity (Wildman–Crippen MR) is 36.8 cm³/mol. The molecule has 50 valence electrons. The van der Waals surface area contributed by atoms with E-state index in [1.165, 1.54) is 4.68 Å². The topological polar surface area (TPSA) is 34.9 Å². The third-order valence-corrected chi connectivity index (χ3v) is 1.59. The van der Waals surface area contributed by atoms with E-state index in [9.17, 15) is 4.79 Å². The molecule has 0 amide bonds. The van der Waals surface area contributed by atoms with Gasteiger partial charge < -0.3 is 0 Å². The fourth-order valence-corrected chi connectivity index (χ4v) is 1.17. The van der Waals surface area contributed by atoms with Crippen LogP contribution in [-0.4, -0.2) is 9.78 Å². The highest BCUT2D eigenvalue weighted by Crippen LogP contribution is 1.96. The Bertz CT molecular complexity index is 237. The zero-order chi connectivity index (χ0) is 6.85. The second-order valence-electron chi connectivity index (χ2n) is 2.04. The molecule has 1 rings (SSSR count). The summed E-state index contributed by atoms with van der Waals surface area (Å²) in [6.45, 7) is 3.86. The lowest BCUT2D eigenvalue weighted by molar-refractivity contribution is 0.519. The van der Waals surface area contributed by atoms with Crippen LogP contribution in [-0.2, 0) is 0 Å². The van der Waals surface area contributed by atoms with Crippen LogP contribution in [0.1, 0.15) is 19.9 Å². The van der Waals surface area contributed by atoms with E-state index in [1.807, 2.05) is 13.8 Å². The summed E-state index contributed by atoms with van der Waals surface area (Å²) in [7, 11) is 0. The molecule has 0 saturated carbocycles. The molecule has 3 nitrogen and oxygen atoms in total. The van der Waals surface area contributed by atoms with Gasteiger partial charge in [0.05, 0.1) is 6.04 Å². The molecule has 0 aliphatic heterocycles.